The summed E-state index contributed by atoms with van der Waals surface area (Å²) >= 11 is 5.92. The van der Waals surface area contributed by atoms with Gasteiger partial charge in [-0.15, -0.1) is 0 Å². The summed E-state index contributed by atoms with van der Waals surface area (Å²) in [5, 5.41) is 9.48. The SMILES string of the molecule is CCN(C=O)CC1C(=O)N(c2ccc(C#N)cc2F)CC(=O)N1Cc1ccc(Cl)cc1. The van der Waals surface area contributed by atoms with Gasteiger partial charge in [-0.2, -0.15) is 5.26 Å². The number of anilines is 1. The van der Waals surface area contributed by atoms with Crippen LogP contribution in [-0.4, -0.2) is 53.7 Å². The van der Waals surface area contributed by atoms with E-state index in [4.69, 9.17) is 16.9 Å². The van der Waals surface area contributed by atoms with Crippen molar-refractivity contribution >= 4 is 35.5 Å². The molecule has 0 saturated carbocycles. The van der Waals surface area contributed by atoms with Gasteiger partial charge in [0.05, 0.1) is 17.3 Å². The first-order valence-corrected chi connectivity index (χ1v) is 10.00. The standard InChI is InChI=1S/C22H20ClFN4O3/c1-2-26(14-29)12-20-22(31)28(19-8-5-16(10-25)9-18(19)24)13-21(30)27(20)11-15-3-6-17(23)7-4-15/h3-9,14,20H,2,11-13H2,1H3. The van der Waals surface area contributed by atoms with Crippen LogP contribution in [0, 0.1) is 17.1 Å². The lowest BCUT2D eigenvalue weighted by atomic mass is 10.1. The summed E-state index contributed by atoms with van der Waals surface area (Å²) < 4.78 is 14.6. The number of carbonyl (C=O) groups is 3. The van der Waals surface area contributed by atoms with Crippen molar-refractivity contribution in [2.45, 2.75) is 19.5 Å². The molecule has 0 spiro atoms. The Morgan fingerprint density at radius 2 is 1.97 bits per heavy atom. The van der Waals surface area contributed by atoms with Crippen LogP contribution in [0.3, 0.4) is 0 Å². The lowest BCUT2D eigenvalue weighted by Crippen LogP contribution is -2.62. The summed E-state index contributed by atoms with van der Waals surface area (Å²) in [6, 6.07) is 11.4. The molecule has 3 amide bonds. The summed E-state index contributed by atoms with van der Waals surface area (Å²) in [6.07, 6.45) is 0.611. The van der Waals surface area contributed by atoms with Gasteiger partial charge in [-0.05, 0) is 42.8 Å². The van der Waals surface area contributed by atoms with Crippen LogP contribution in [0.25, 0.3) is 0 Å². The first kappa shape index (κ1) is 22.2. The largest absolute Gasteiger partial charge is 0.343 e. The summed E-state index contributed by atoms with van der Waals surface area (Å²) in [4.78, 5) is 41.6. The number of rotatable bonds is 7. The molecule has 160 valence electrons. The lowest BCUT2D eigenvalue weighted by molar-refractivity contribution is -0.145. The van der Waals surface area contributed by atoms with Crippen LogP contribution in [0.5, 0.6) is 0 Å². The van der Waals surface area contributed by atoms with Gasteiger partial charge in [-0.3, -0.25) is 19.3 Å². The number of piperazine rings is 1. The maximum Gasteiger partial charge on any atom is 0.252 e. The molecule has 1 aliphatic rings. The topological polar surface area (TPSA) is 84.7 Å². The van der Waals surface area contributed by atoms with Gasteiger partial charge in [0.15, 0.2) is 0 Å². The zero-order chi connectivity index (χ0) is 22.5. The number of hydrogen-bond donors (Lipinski definition) is 0. The van der Waals surface area contributed by atoms with E-state index >= 15 is 0 Å². The molecule has 1 atom stereocenters. The van der Waals surface area contributed by atoms with Gasteiger partial charge in [-0.1, -0.05) is 23.7 Å². The van der Waals surface area contributed by atoms with Crippen LogP contribution in [0.4, 0.5) is 10.1 Å². The molecule has 7 nitrogen and oxygen atoms in total. The Morgan fingerprint density at radius 1 is 1.26 bits per heavy atom. The second-order valence-corrected chi connectivity index (χ2v) is 7.50. The van der Waals surface area contributed by atoms with Crippen molar-refractivity contribution in [1.82, 2.24) is 9.80 Å². The second kappa shape index (κ2) is 9.58. The number of likely N-dealkylation sites (N-methyl/N-ethyl adjacent to an activating group) is 1. The maximum absolute atomic E-state index is 14.6. The number of hydrogen-bond acceptors (Lipinski definition) is 4. The highest BCUT2D eigenvalue weighted by atomic mass is 35.5. The van der Waals surface area contributed by atoms with Gasteiger partial charge >= 0.3 is 0 Å². The number of benzene rings is 2. The molecule has 2 aromatic rings. The van der Waals surface area contributed by atoms with E-state index < -0.39 is 17.8 Å². The number of carbonyl (C=O) groups excluding carboxylic acids is 3. The Labute approximate surface area is 184 Å². The molecule has 1 heterocycles. The predicted octanol–water partition coefficient (Wildman–Crippen LogP) is 2.57. The number of nitrogens with zero attached hydrogens (tertiary/aromatic N) is 4. The zero-order valence-electron chi connectivity index (χ0n) is 16.8. The first-order valence-electron chi connectivity index (χ1n) is 9.62. The number of nitriles is 1. The fourth-order valence-corrected chi connectivity index (χ4v) is 3.55. The normalized spacial score (nSPS) is 16.3. The van der Waals surface area contributed by atoms with Crippen LogP contribution >= 0.6 is 11.6 Å². The highest BCUT2D eigenvalue weighted by Crippen LogP contribution is 2.26. The Kier molecular flexibility index (Phi) is 6.88. The molecule has 1 unspecified atom stereocenters. The second-order valence-electron chi connectivity index (χ2n) is 7.06. The maximum atomic E-state index is 14.6. The van der Waals surface area contributed by atoms with Crippen molar-refractivity contribution in [3.05, 3.63) is 64.4 Å². The molecule has 2 aromatic carbocycles. The van der Waals surface area contributed by atoms with Gasteiger partial charge < -0.3 is 9.80 Å². The Balaban J connectivity index is 1.95. The van der Waals surface area contributed by atoms with E-state index in [2.05, 4.69) is 0 Å². The molecule has 9 heteroatoms. The quantitative estimate of drug-likeness (QED) is 0.617. The highest BCUT2D eigenvalue weighted by Gasteiger charge is 2.41. The first-order chi connectivity index (χ1) is 14.9. The summed E-state index contributed by atoms with van der Waals surface area (Å²) in [5.41, 5.74) is 0.793. The van der Waals surface area contributed by atoms with Crippen LogP contribution < -0.4 is 4.90 Å². The minimum absolute atomic E-state index is 0.0213. The predicted molar refractivity (Wildman–Crippen MR) is 113 cm³/mol. The molecule has 3 rings (SSSR count). The van der Waals surface area contributed by atoms with Crippen molar-refractivity contribution in [2.24, 2.45) is 0 Å². The van der Waals surface area contributed by atoms with E-state index in [1.165, 1.54) is 21.9 Å². The van der Waals surface area contributed by atoms with Crippen LogP contribution in [0.1, 0.15) is 18.1 Å². The number of amides is 3. The van der Waals surface area contributed by atoms with Crippen molar-refractivity contribution in [1.29, 1.82) is 5.26 Å². The highest BCUT2D eigenvalue weighted by molar-refractivity contribution is 6.30. The lowest BCUT2D eigenvalue weighted by Gasteiger charge is -2.41. The molecule has 0 aromatic heterocycles. The minimum Gasteiger partial charge on any atom is -0.343 e. The Morgan fingerprint density at radius 3 is 2.55 bits per heavy atom. The molecule has 0 aliphatic carbocycles. The van der Waals surface area contributed by atoms with Crippen LogP contribution in [-0.2, 0) is 20.9 Å². The van der Waals surface area contributed by atoms with Crippen molar-refractivity contribution in [3.63, 3.8) is 0 Å². The van der Waals surface area contributed by atoms with Gasteiger partial charge in [0.1, 0.15) is 18.4 Å². The third-order valence-corrected chi connectivity index (χ3v) is 5.39. The fourth-order valence-electron chi connectivity index (χ4n) is 3.42. The van der Waals surface area contributed by atoms with Crippen LogP contribution in [0.15, 0.2) is 42.5 Å². The van der Waals surface area contributed by atoms with Crippen LogP contribution in [0.2, 0.25) is 5.02 Å². The van der Waals surface area contributed by atoms with Gasteiger partial charge in [-0.25, -0.2) is 4.39 Å². The van der Waals surface area contributed by atoms with Gasteiger partial charge in [0, 0.05) is 24.7 Å². The third kappa shape index (κ3) is 4.84. The molecule has 1 fully saturated rings. The summed E-state index contributed by atoms with van der Waals surface area (Å²) in [6.45, 7) is 1.88. The minimum atomic E-state index is -0.989. The third-order valence-electron chi connectivity index (χ3n) is 5.14. The van der Waals surface area contributed by atoms with E-state index in [0.717, 1.165) is 16.5 Å². The van der Waals surface area contributed by atoms with Crippen molar-refractivity contribution in [3.8, 4) is 6.07 Å². The van der Waals surface area contributed by atoms with E-state index in [9.17, 15) is 18.8 Å². The molecule has 0 radical (unpaired) electrons. The summed E-state index contributed by atoms with van der Waals surface area (Å²) in [5.74, 6) is -1.66. The molecular formula is C22H20ClFN4O3. The molecule has 0 bridgehead atoms. The van der Waals surface area contributed by atoms with E-state index in [0.29, 0.717) is 18.0 Å². The molecule has 1 saturated heterocycles. The molecule has 31 heavy (non-hydrogen) atoms. The average molecular weight is 443 g/mol. The van der Waals surface area contributed by atoms with E-state index in [-0.39, 0.29) is 36.8 Å². The molecule has 1 aliphatic heterocycles. The van der Waals surface area contributed by atoms with Crippen molar-refractivity contribution < 1.29 is 18.8 Å². The monoisotopic (exact) mass is 442 g/mol. The average Bonchev–Trinajstić information content (AvgIpc) is 2.77. The zero-order valence-corrected chi connectivity index (χ0v) is 17.6. The smallest absolute Gasteiger partial charge is 0.252 e. The fraction of sp³-hybridized carbons (Fsp3) is 0.273. The van der Waals surface area contributed by atoms with E-state index in [1.807, 2.05) is 6.07 Å². The molecule has 0 N–H and O–H groups in total. The Hall–Kier alpha value is -3.44. The Bertz CT molecular complexity index is 1040. The van der Waals surface area contributed by atoms with Gasteiger partial charge in [0.25, 0.3) is 5.91 Å². The summed E-state index contributed by atoms with van der Waals surface area (Å²) in [7, 11) is 0. The molecular weight excluding hydrogens is 423 g/mol. The van der Waals surface area contributed by atoms with Gasteiger partial charge in [0.2, 0.25) is 12.3 Å². The van der Waals surface area contributed by atoms with Crippen molar-refractivity contribution in [2.75, 3.05) is 24.5 Å². The number of halogens is 2. The van der Waals surface area contributed by atoms with E-state index in [1.54, 1.807) is 31.2 Å².